The number of isothiocyanates is 1. The van der Waals surface area contributed by atoms with Gasteiger partial charge >= 0.3 is 0 Å². The molecule has 0 bridgehead atoms. The van der Waals surface area contributed by atoms with Gasteiger partial charge in [-0.2, -0.15) is 4.99 Å². The third-order valence-corrected chi connectivity index (χ3v) is 6.68. The highest BCUT2D eigenvalue weighted by Gasteiger charge is 2.22. The molecule has 0 aromatic heterocycles. The van der Waals surface area contributed by atoms with Crippen LogP contribution in [-0.4, -0.2) is 5.16 Å². The fraction of sp³-hybridized carbons (Fsp3) is 0.444. The molecule has 2 aromatic carbocycles. The molecule has 0 amide bonds. The van der Waals surface area contributed by atoms with Gasteiger partial charge in [-0.3, -0.25) is 0 Å². The first-order valence-electron chi connectivity index (χ1n) is 11.2. The van der Waals surface area contributed by atoms with E-state index in [1.165, 1.54) is 63.0 Å². The summed E-state index contributed by atoms with van der Waals surface area (Å²) in [6.45, 7) is 4.36. The fourth-order valence-corrected chi connectivity index (χ4v) is 4.82. The van der Waals surface area contributed by atoms with E-state index in [9.17, 15) is 4.39 Å². The molecule has 1 fully saturated rings. The number of benzene rings is 2. The summed E-state index contributed by atoms with van der Waals surface area (Å²) in [4.78, 5) is 3.67. The Hall–Kier alpha value is -1.98. The Labute approximate surface area is 196 Å². The Morgan fingerprint density at radius 3 is 2.52 bits per heavy atom. The maximum Gasteiger partial charge on any atom is 0.152 e. The van der Waals surface area contributed by atoms with E-state index in [0.717, 1.165) is 17.0 Å². The third kappa shape index (κ3) is 6.50. The quantitative estimate of drug-likeness (QED) is 0.184. The minimum atomic E-state index is -0.550. The van der Waals surface area contributed by atoms with Crippen molar-refractivity contribution < 1.29 is 4.39 Å². The van der Waals surface area contributed by atoms with Crippen molar-refractivity contribution in [2.45, 2.75) is 71.1 Å². The lowest BCUT2D eigenvalue weighted by molar-refractivity contribution is 0.303. The van der Waals surface area contributed by atoms with E-state index in [1.807, 2.05) is 0 Å². The summed E-state index contributed by atoms with van der Waals surface area (Å²) >= 11 is 10.6. The molecule has 1 saturated carbocycles. The number of halogens is 2. The molecule has 0 atom stereocenters. The summed E-state index contributed by atoms with van der Waals surface area (Å²) in [7, 11) is 0. The molecule has 0 unspecified atom stereocenters. The number of thiocarbonyl (C=S) groups is 1. The monoisotopic (exact) mass is 453 g/mol. The molecule has 0 N–H and O–H groups in total. The van der Waals surface area contributed by atoms with Gasteiger partial charge in [-0.15, -0.1) is 0 Å². The molecule has 3 rings (SSSR count). The summed E-state index contributed by atoms with van der Waals surface area (Å²) in [5.74, 6) is 7.21. The molecule has 0 heterocycles. The van der Waals surface area contributed by atoms with Crippen molar-refractivity contribution in [2.24, 2.45) is 10.9 Å². The normalized spacial score (nSPS) is 18.1. The van der Waals surface area contributed by atoms with Gasteiger partial charge in [-0.1, -0.05) is 68.2 Å². The first kappa shape index (κ1) is 23.7. The Balaban J connectivity index is 1.67. The van der Waals surface area contributed by atoms with E-state index in [-0.39, 0.29) is 10.7 Å². The van der Waals surface area contributed by atoms with Gasteiger partial charge in [0, 0.05) is 11.1 Å². The van der Waals surface area contributed by atoms with E-state index in [4.69, 9.17) is 11.6 Å². The van der Waals surface area contributed by atoms with E-state index in [1.54, 1.807) is 6.07 Å². The number of hydrogen-bond acceptors (Lipinski definition) is 2. The van der Waals surface area contributed by atoms with Gasteiger partial charge in [0.05, 0.1) is 10.2 Å². The van der Waals surface area contributed by atoms with Gasteiger partial charge < -0.3 is 0 Å². The van der Waals surface area contributed by atoms with Crippen molar-refractivity contribution in [2.75, 3.05) is 0 Å². The Morgan fingerprint density at radius 1 is 1.10 bits per heavy atom. The summed E-state index contributed by atoms with van der Waals surface area (Å²) in [5, 5.41) is 2.32. The average Bonchev–Trinajstić information content (AvgIpc) is 2.76. The van der Waals surface area contributed by atoms with Gasteiger partial charge in [0.1, 0.15) is 5.69 Å². The summed E-state index contributed by atoms with van der Waals surface area (Å²) < 4.78 is 14.1. The number of unbranched alkanes of at least 4 members (excludes halogenated alkanes) is 2. The third-order valence-electron chi connectivity index (χ3n) is 6.30. The molecule has 162 valence electrons. The molecule has 1 aliphatic rings. The average molecular weight is 454 g/mol. The van der Waals surface area contributed by atoms with E-state index in [2.05, 4.69) is 66.3 Å². The maximum absolute atomic E-state index is 14.1. The summed E-state index contributed by atoms with van der Waals surface area (Å²) in [5.41, 5.74) is 4.04. The van der Waals surface area contributed by atoms with Crippen LogP contribution in [0.2, 0.25) is 5.02 Å². The summed E-state index contributed by atoms with van der Waals surface area (Å²) in [6, 6.07) is 9.51. The van der Waals surface area contributed by atoms with Gasteiger partial charge in [0.25, 0.3) is 0 Å². The second-order valence-electron chi connectivity index (χ2n) is 8.53. The molecule has 2 aromatic rings. The fourth-order valence-electron chi connectivity index (χ4n) is 4.48. The minimum Gasteiger partial charge on any atom is -0.204 e. The van der Waals surface area contributed by atoms with Crippen molar-refractivity contribution in [3.63, 3.8) is 0 Å². The van der Waals surface area contributed by atoms with E-state index < -0.39 is 5.82 Å². The molecule has 0 aliphatic heterocycles. The predicted molar refractivity (Wildman–Crippen MR) is 132 cm³/mol. The zero-order valence-electron chi connectivity index (χ0n) is 18.3. The molecule has 4 heteroatoms. The number of hydrogen-bond donors (Lipinski definition) is 0. The Kier molecular flexibility index (Phi) is 8.85. The zero-order valence-corrected chi connectivity index (χ0v) is 19.9. The number of aliphatic imine (C=N–C) groups is 1. The lowest BCUT2D eigenvalue weighted by atomic mass is 9.76. The standard InChI is InChI=1S/C27H29ClFNS/c1-3-4-5-6-20-7-11-23(12-8-20)24-14-13-22(19(2)15-24)10-9-21-16-25(28)27(30-18-31)26(29)17-21/h13-17,20,23H,3-8,11-12H2,1-2H3. The van der Waals surface area contributed by atoms with Crippen LogP contribution in [0.3, 0.4) is 0 Å². The predicted octanol–water partition coefficient (Wildman–Crippen LogP) is 8.78. The van der Waals surface area contributed by atoms with Gasteiger partial charge in [0.2, 0.25) is 0 Å². The van der Waals surface area contributed by atoms with Crippen LogP contribution in [0.4, 0.5) is 10.1 Å². The van der Waals surface area contributed by atoms with Gasteiger partial charge in [-0.05, 0) is 86.0 Å². The second-order valence-corrected chi connectivity index (χ2v) is 9.12. The van der Waals surface area contributed by atoms with Crippen LogP contribution >= 0.6 is 23.8 Å². The Morgan fingerprint density at radius 2 is 1.87 bits per heavy atom. The molecule has 0 spiro atoms. The lowest BCUT2D eigenvalue weighted by Gasteiger charge is -2.29. The minimum absolute atomic E-state index is 0.00262. The largest absolute Gasteiger partial charge is 0.204 e. The first-order chi connectivity index (χ1) is 15.0. The first-order valence-corrected chi connectivity index (χ1v) is 12.0. The molecule has 31 heavy (non-hydrogen) atoms. The second kappa shape index (κ2) is 11.6. The maximum atomic E-state index is 14.1. The number of nitrogens with zero attached hydrogens (tertiary/aromatic N) is 1. The van der Waals surface area contributed by atoms with Crippen molar-refractivity contribution in [3.8, 4) is 11.8 Å². The molecule has 1 nitrogen and oxygen atoms in total. The molecular formula is C27H29ClFNS. The van der Waals surface area contributed by atoms with Crippen molar-refractivity contribution in [1.29, 1.82) is 0 Å². The molecular weight excluding hydrogens is 425 g/mol. The zero-order chi connectivity index (χ0) is 22.2. The lowest BCUT2D eigenvalue weighted by Crippen LogP contribution is -2.13. The number of aryl methyl sites for hydroxylation is 1. The van der Waals surface area contributed by atoms with E-state index >= 15 is 0 Å². The van der Waals surface area contributed by atoms with Crippen LogP contribution in [-0.2, 0) is 0 Å². The van der Waals surface area contributed by atoms with E-state index in [0.29, 0.717) is 11.5 Å². The smallest absolute Gasteiger partial charge is 0.152 e. The van der Waals surface area contributed by atoms with Gasteiger partial charge in [0.15, 0.2) is 5.82 Å². The highest BCUT2D eigenvalue weighted by molar-refractivity contribution is 7.78. The van der Waals surface area contributed by atoms with Crippen LogP contribution in [0, 0.1) is 30.5 Å². The van der Waals surface area contributed by atoms with Crippen molar-refractivity contribution in [1.82, 2.24) is 0 Å². The topological polar surface area (TPSA) is 12.4 Å². The molecule has 0 saturated heterocycles. The van der Waals surface area contributed by atoms with Crippen molar-refractivity contribution >= 4 is 34.7 Å². The van der Waals surface area contributed by atoms with Crippen LogP contribution in [0.25, 0.3) is 0 Å². The van der Waals surface area contributed by atoms with Crippen LogP contribution in [0.1, 0.15) is 86.5 Å². The SMILES string of the molecule is CCCCCC1CCC(c2ccc(C#Cc3cc(F)c(N=C=S)c(Cl)c3)c(C)c2)CC1. The summed E-state index contributed by atoms with van der Waals surface area (Å²) in [6.07, 6.45) is 10.7. The van der Waals surface area contributed by atoms with Crippen LogP contribution in [0.5, 0.6) is 0 Å². The van der Waals surface area contributed by atoms with Crippen LogP contribution in [0.15, 0.2) is 35.3 Å². The highest BCUT2D eigenvalue weighted by atomic mass is 35.5. The van der Waals surface area contributed by atoms with Crippen molar-refractivity contribution in [3.05, 3.63) is 63.4 Å². The molecule has 0 radical (unpaired) electrons. The molecule has 1 aliphatic carbocycles. The van der Waals surface area contributed by atoms with Gasteiger partial charge in [-0.25, -0.2) is 4.39 Å². The number of rotatable bonds is 6. The van der Waals surface area contributed by atoms with Crippen LogP contribution < -0.4 is 0 Å². The highest BCUT2D eigenvalue weighted by Crippen LogP contribution is 2.38. The Bertz CT molecular complexity index is 998.